The van der Waals surface area contributed by atoms with Crippen molar-refractivity contribution in [1.82, 2.24) is 10.2 Å². The van der Waals surface area contributed by atoms with Crippen molar-refractivity contribution < 1.29 is 38.2 Å². The van der Waals surface area contributed by atoms with E-state index in [1.165, 1.54) is 50.3 Å². The first-order valence-electron chi connectivity index (χ1n) is 16.8. The number of esters is 1. The molecule has 0 radical (unpaired) electrons. The van der Waals surface area contributed by atoms with E-state index in [1.807, 2.05) is 6.07 Å². The van der Waals surface area contributed by atoms with Crippen LogP contribution in [0.4, 0.5) is 10.7 Å². The van der Waals surface area contributed by atoms with Crippen LogP contribution in [0.2, 0.25) is 0 Å². The maximum Gasteiger partial charge on any atom is 0.341 e. The van der Waals surface area contributed by atoms with Gasteiger partial charge in [0.25, 0.3) is 11.8 Å². The number of methoxy groups -OCH3 is 2. The van der Waals surface area contributed by atoms with E-state index in [0.717, 1.165) is 10.4 Å². The molecule has 4 aromatic rings. The SMILES string of the molecule is CCOC(=O)c1c(NC(=O)C(C)Sc2cccc(NC(=O)/C(=C\c3ccc(OC)cc3OC)NC(=O)c3ccccc3)c2)sc2c1CCN(C(C)=O)C2. The number of thiophene rings is 1. The van der Waals surface area contributed by atoms with Crippen LogP contribution in [0.3, 0.4) is 0 Å². The maximum absolute atomic E-state index is 13.7. The van der Waals surface area contributed by atoms with Gasteiger partial charge in [-0.2, -0.15) is 0 Å². The second-order valence-electron chi connectivity index (χ2n) is 11.8. The molecule has 1 aliphatic rings. The number of nitrogens with one attached hydrogen (secondary N) is 3. The summed E-state index contributed by atoms with van der Waals surface area (Å²) in [5.74, 6) is -0.972. The minimum atomic E-state index is -0.605. The Balaban J connectivity index is 1.33. The Kier molecular flexibility index (Phi) is 12.9. The number of hydrogen-bond acceptors (Lipinski definition) is 10. The molecule has 3 N–H and O–H groups in total. The van der Waals surface area contributed by atoms with Gasteiger partial charge in [-0.15, -0.1) is 23.1 Å². The number of rotatable bonds is 13. The van der Waals surface area contributed by atoms with Crippen molar-refractivity contribution in [2.24, 2.45) is 0 Å². The molecule has 1 aliphatic heterocycles. The lowest BCUT2D eigenvalue weighted by atomic mass is 10.0. The highest BCUT2D eigenvalue weighted by atomic mass is 32.2. The predicted octanol–water partition coefficient (Wildman–Crippen LogP) is 6.38. The summed E-state index contributed by atoms with van der Waals surface area (Å²) in [6, 6.07) is 20.6. The number of ether oxygens (including phenoxy) is 3. The summed E-state index contributed by atoms with van der Waals surface area (Å²) in [6.07, 6.45) is 2.00. The minimum Gasteiger partial charge on any atom is -0.497 e. The highest BCUT2D eigenvalue weighted by Gasteiger charge is 2.31. The van der Waals surface area contributed by atoms with Crippen molar-refractivity contribution in [3.8, 4) is 11.5 Å². The summed E-state index contributed by atoms with van der Waals surface area (Å²) in [7, 11) is 3.03. The van der Waals surface area contributed by atoms with E-state index in [1.54, 1.807) is 85.5 Å². The van der Waals surface area contributed by atoms with E-state index in [2.05, 4.69) is 16.0 Å². The molecule has 1 unspecified atom stereocenters. The van der Waals surface area contributed by atoms with E-state index in [4.69, 9.17) is 14.2 Å². The van der Waals surface area contributed by atoms with Gasteiger partial charge >= 0.3 is 5.97 Å². The third kappa shape index (κ3) is 9.64. The second-order valence-corrected chi connectivity index (χ2v) is 14.4. The summed E-state index contributed by atoms with van der Waals surface area (Å²) in [5, 5.41) is 8.29. The fourth-order valence-electron chi connectivity index (χ4n) is 5.53. The van der Waals surface area contributed by atoms with Crippen molar-refractivity contribution in [2.75, 3.05) is 38.0 Å². The van der Waals surface area contributed by atoms with Crippen LogP contribution < -0.4 is 25.4 Å². The topological polar surface area (TPSA) is 152 Å². The largest absolute Gasteiger partial charge is 0.497 e. The van der Waals surface area contributed by atoms with E-state index in [0.29, 0.717) is 63.3 Å². The van der Waals surface area contributed by atoms with Gasteiger partial charge in [0.1, 0.15) is 22.2 Å². The van der Waals surface area contributed by atoms with Gasteiger partial charge in [-0.05, 0) is 74.4 Å². The molecule has 12 nitrogen and oxygen atoms in total. The van der Waals surface area contributed by atoms with Crippen LogP contribution in [0.5, 0.6) is 11.5 Å². The Morgan fingerprint density at radius 1 is 0.962 bits per heavy atom. The lowest BCUT2D eigenvalue weighted by Gasteiger charge is -2.25. The van der Waals surface area contributed by atoms with Crippen molar-refractivity contribution in [3.63, 3.8) is 0 Å². The summed E-state index contributed by atoms with van der Waals surface area (Å²) in [4.78, 5) is 68.6. The van der Waals surface area contributed by atoms with Gasteiger partial charge in [-0.3, -0.25) is 19.2 Å². The van der Waals surface area contributed by atoms with E-state index in [-0.39, 0.29) is 24.1 Å². The first kappa shape index (κ1) is 38.6. The third-order valence-electron chi connectivity index (χ3n) is 8.26. The van der Waals surface area contributed by atoms with Crippen molar-refractivity contribution in [1.29, 1.82) is 0 Å². The molecule has 0 saturated carbocycles. The number of amides is 4. The minimum absolute atomic E-state index is 0.0319. The van der Waals surface area contributed by atoms with Gasteiger partial charge in [-0.1, -0.05) is 24.3 Å². The summed E-state index contributed by atoms with van der Waals surface area (Å²) in [5.41, 5.74) is 2.43. The number of anilines is 2. The van der Waals surface area contributed by atoms with Gasteiger partial charge in [0, 0.05) is 46.1 Å². The second kappa shape index (κ2) is 17.8. The fourth-order valence-corrected chi connectivity index (χ4v) is 7.71. The monoisotopic (exact) mass is 756 g/mol. The van der Waals surface area contributed by atoms with Crippen LogP contribution in [0.1, 0.15) is 57.5 Å². The van der Waals surface area contributed by atoms with Crippen molar-refractivity contribution >= 4 is 69.5 Å². The van der Waals surface area contributed by atoms with Crippen molar-refractivity contribution in [3.05, 3.63) is 106 Å². The zero-order valence-corrected chi connectivity index (χ0v) is 31.6. The van der Waals surface area contributed by atoms with Crippen LogP contribution in [-0.2, 0) is 32.1 Å². The Hall–Kier alpha value is -5.60. The molecule has 0 aliphatic carbocycles. The fraction of sp³-hybridized carbons (Fsp3) is 0.256. The van der Waals surface area contributed by atoms with E-state index in [9.17, 15) is 24.0 Å². The number of carbonyl (C=O) groups is 5. The molecule has 0 spiro atoms. The molecule has 3 aromatic carbocycles. The quantitative estimate of drug-likeness (QED) is 0.0803. The molecule has 0 saturated heterocycles. The van der Waals surface area contributed by atoms with Gasteiger partial charge in [0.05, 0.1) is 38.2 Å². The standard InChI is InChI=1S/C39H40N4O8S2/c1-6-51-39(48)34-30-17-18-43(24(3)44)22-33(30)53-38(34)42-35(45)23(2)52-29-14-10-13-27(20-29)40-37(47)31(41-36(46)25-11-8-7-9-12-25)19-26-15-16-28(49-4)21-32(26)50-5/h7-16,19-21,23H,6,17-18,22H2,1-5H3,(H,40,47)(H,41,46)(H,42,45)/b31-19+. The lowest BCUT2D eigenvalue weighted by molar-refractivity contribution is -0.129. The zero-order chi connectivity index (χ0) is 38.1. The molecule has 53 heavy (non-hydrogen) atoms. The Bertz CT molecular complexity index is 2050. The molecule has 276 valence electrons. The summed E-state index contributed by atoms with van der Waals surface area (Å²) < 4.78 is 16.1. The number of hydrogen-bond donors (Lipinski definition) is 3. The normalized spacial score (nSPS) is 12.9. The average molecular weight is 757 g/mol. The average Bonchev–Trinajstić information content (AvgIpc) is 3.52. The highest BCUT2D eigenvalue weighted by Crippen LogP contribution is 2.38. The molecular weight excluding hydrogens is 717 g/mol. The molecule has 1 atom stereocenters. The molecule has 14 heteroatoms. The number of carbonyl (C=O) groups excluding carboxylic acids is 5. The van der Waals surface area contributed by atoms with E-state index < -0.39 is 23.0 Å². The first-order valence-corrected chi connectivity index (χ1v) is 18.5. The predicted molar refractivity (Wildman–Crippen MR) is 206 cm³/mol. The highest BCUT2D eigenvalue weighted by molar-refractivity contribution is 8.00. The molecular formula is C39H40N4O8S2. The molecule has 0 fully saturated rings. The van der Waals surface area contributed by atoms with Gasteiger partial charge in [0.15, 0.2) is 0 Å². The first-order chi connectivity index (χ1) is 25.5. The smallest absolute Gasteiger partial charge is 0.341 e. The van der Waals surface area contributed by atoms with Crippen LogP contribution in [-0.4, -0.2) is 67.1 Å². The zero-order valence-electron chi connectivity index (χ0n) is 29.9. The molecule has 0 bridgehead atoms. The molecule has 5 rings (SSSR count). The van der Waals surface area contributed by atoms with Crippen LogP contribution in [0.25, 0.3) is 6.08 Å². The van der Waals surface area contributed by atoms with Crippen LogP contribution in [0, 0.1) is 0 Å². The summed E-state index contributed by atoms with van der Waals surface area (Å²) >= 11 is 2.54. The van der Waals surface area contributed by atoms with Crippen LogP contribution in [0.15, 0.2) is 83.4 Å². The third-order valence-corrected chi connectivity index (χ3v) is 10.5. The Morgan fingerprint density at radius 2 is 1.74 bits per heavy atom. The number of fused-ring (bicyclic) bond motifs is 1. The van der Waals surface area contributed by atoms with Crippen LogP contribution >= 0.6 is 23.1 Å². The van der Waals surface area contributed by atoms with Crippen molar-refractivity contribution in [2.45, 2.75) is 43.9 Å². The van der Waals surface area contributed by atoms with Gasteiger partial charge < -0.3 is 35.1 Å². The molecule has 4 amide bonds. The molecule has 1 aromatic heterocycles. The number of benzene rings is 3. The van der Waals surface area contributed by atoms with Gasteiger partial charge in [-0.25, -0.2) is 4.79 Å². The molecule has 2 heterocycles. The lowest BCUT2D eigenvalue weighted by Crippen LogP contribution is -2.34. The Labute approximate surface area is 315 Å². The summed E-state index contributed by atoms with van der Waals surface area (Å²) in [6.45, 7) is 5.99. The maximum atomic E-state index is 13.7. The Morgan fingerprint density at radius 3 is 2.43 bits per heavy atom. The van der Waals surface area contributed by atoms with E-state index >= 15 is 0 Å². The number of thioether (sulfide) groups is 1. The number of nitrogens with zero attached hydrogens (tertiary/aromatic N) is 1. The van der Waals surface area contributed by atoms with Gasteiger partial charge in [0.2, 0.25) is 11.8 Å².